The number of benzene rings is 1. The molecule has 10 nitrogen and oxygen atoms in total. The second kappa shape index (κ2) is 13.3. The van der Waals surface area contributed by atoms with Crippen LogP contribution < -0.4 is 22.9 Å². The molecule has 1 rings (SSSR count). The third-order valence-electron chi connectivity index (χ3n) is 2.91. The quantitative estimate of drug-likeness (QED) is 0.183. The number of carbonyl (C=O) groups excluding carboxylic acids is 2. The van der Waals surface area contributed by atoms with E-state index in [0.29, 0.717) is 0 Å². The zero-order valence-electron chi connectivity index (χ0n) is 14.3. The Morgan fingerprint density at radius 1 is 0.821 bits per heavy atom. The molecule has 14 heteroatoms. The fourth-order valence-electron chi connectivity index (χ4n) is 1.82. The van der Waals surface area contributed by atoms with Crippen LogP contribution in [0.2, 0.25) is 0 Å². The molecule has 0 aliphatic heterocycles. The van der Waals surface area contributed by atoms with Gasteiger partial charge >= 0.3 is 11.9 Å². The lowest BCUT2D eigenvalue weighted by molar-refractivity contribution is -0.150. The molecule has 1 aromatic carbocycles. The van der Waals surface area contributed by atoms with Crippen LogP contribution in [0.5, 0.6) is 0 Å². The van der Waals surface area contributed by atoms with E-state index >= 15 is 0 Å². The number of alkyl halides is 2. The van der Waals surface area contributed by atoms with Crippen LogP contribution >= 0.6 is 24.8 Å². The molecule has 1 aromatic rings. The van der Waals surface area contributed by atoms with Crippen LogP contribution in [0.1, 0.15) is 11.1 Å². The van der Waals surface area contributed by atoms with Crippen LogP contribution in [-0.4, -0.2) is 36.2 Å². The highest BCUT2D eigenvalue weighted by molar-refractivity contribution is 5.85. The molecule has 8 N–H and O–H groups in total. The Morgan fingerprint density at radius 2 is 1.14 bits per heavy atom. The van der Waals surface area contributed by atoms with Gasteiger partial charge in [0.1, 0.15) is 0 Å². The highest BCUT2D eigenvalue weighted by Crippen LogP contribution is 2.17. The highest BCUT2D eigenvalue weighted by atomic mass is 35.5. The second-order valence-electron chi connectivity index (χ2n) is 4.96. The summed E-state index contributed by atoms with van der Waals surface area (Å²) in [7, 11) is 0. The van der Waals surface area contributed by atoms with Crippen molar-refractivity contribution in [2.75, 3.05) is 0 Å². The molecule has 28 heavy (non-hydrogen) atoms. The van der Waals surface area contributed by atoms with Crippen LogP contribution in [0, 0.1) is 0 Å². The Kier molecular flexibility index (Phi) is 13.0. The van der Waals surface area contributed by atoms with Gasteiger partial charge in [0.15, 0.2) is 0 Å². The summed E-state index contributed by atoms with van der Waals surface area (Å²) >= 11 is 0. The fourth-order valence-corrected chi connectivity index (χ4v) is 1.82. The Bertz CT molecular complexity index is 656. The van der Waals surface area contributed by atoms with Crippen molar-refractivity contribution in [1.82, 2.24) is 0 Å². The maximum Gasteiger partial charge on any atom is 0.369 e. The first kappa shape index (κ1) is 27.4. The number of nitrogens with zero attached hydrogens (tertiary/aromatic N) is 2. The van der Waals surface area contributed by atoms with Crippen molar-refractivity contribution in [2.45, 2.75) is 25.2 Å². The van der Waals surface area contributed by atoms with E-state index in [1.165, 1.54) is 12.1 Å². The van der Waals surface area contributed by atoms with Gasteiger partial charge < -0.3 is 32.6 Å². The maximum atomic E-state index is 14.0. The first-order valence-corrected chi connectivity index (χ1v) is 7.15. The average molecular weight is 445 g/mol. The summed E-state index contributed by atoms with van der Waals surface area (Å²) in [5.74, 6) is -3.75. The number of oxime groups is 2. The third-order valence-corrected chi connectivity index (χ3v) is 2.91. The Labute approximate surface area is 171 Å². The highest BCUT2D eigenvalue weighted by Gasteiger charge is 2.25. The smallest absolute Gasteiger partial charge is 0.367 e. The zero-order valence-corrected chi connectivity index (χ0v) is 15.9. The van der Waals surface area contributed by atoms with Gasteiger partial charge in [-0.25, -0.2) is 18.4 Å². The van der Waals surface area contributed by atoms with Gasteiger partial charge in [-0.3, -0.25) is 0 Å². The van der Waals surface area contributed by atoms with Gasteiger partial charge in [-0.1, -0.05) is 24.3 Å². The van der Waals surface area contributed by atoms with Crippen molar-refractivity contribution in [3.63, 3.8) is 0 Å². The summed E-state index contributed by atoms with van der Waals surface area (Å²) in [4.78, 5) is 31.3. The predicted octanol–water partition coefficient (Wildman–Crippen LogP) is -0.245. The topological polar surface area (TPSA) is 181 Å². The number of guanidine groups is 2. The maximum absolute atomic E-state index is 14.0. The van der Waals surface area contributed by atoms with E-state index in [0.717, 1.165) is 0 Å². The molecule has 0 aliphatic rings. The van der Waals surface area contributed by atoms with Crippen molar-refractivity contribution >= 4 is 48.7 Å². The average Bonchev–Trinajstić information content (AvgIpc) is 2.58. The number of hydrogen-bond donors (Lipinski definition) is 4. The van der Waals surface area contributed by atoms with Gasteiger partial charge in [0.2, 0.25) is 24.3 Å². The molecule has 2 atom stereocenters. The molecule has 2 unspecified atom stereocenters. The first-order chi connectivity index (χ1) is 12.2. The zero-order chi connectivity index (χ0) is 19.7. The van der Waals surface area contributed by atoms with E-state index < -0.39 is 49.0 Å². The summed E-state index contributed by atoms with van der Waals surface area (Å²) in [6.45, 7) is 0. The van der Waals surface area contributed by atoms with Crippen LogP contribution in [0.25, 0.3) is 0 Å². The lowest BCUT2D eigenvalue weighted by Gasteiger charge is -2.12. The van der Waals surface area contributed by atoms with Crippen molar-refractivity contribution in [1.29, 1.82) is 0 Å². The molecule has 0 amide bonds. The summed E-state index contributed by atoms with van der Waals surface area (Å²) in [5.41, 5.74) is 20.4. The van der Waals surface area contributed by atoms with Gasteiger partial charge in [0.05, 0.1) is 0 Å². The third kappa shape index (κ3) is 9.73. The van der Waals surface area contributed by atoms with E-state index in [9.17, 15) is 18.4 Å². The SMILES string of the molecule is Cl.Cl.NC(N)=NOC(=O)C(F)Cc1ccccc1CC(F)C(=O)ON=C(N)N. The van der Waals surface area contributed by atoms with Gasteiger partial charge in [-0.05, 0) is 21.4 Å². The normalized spacial score (nSPS) is 11.5. The summed E-state index contributed by atoms with van der Waals surface area (Å²) in [6, 6.07) is 6.03. The predicted molar refractivity (Wildman–Crippen MR) is 102 cm³/mol. The largest absolute Gasteiger partial charge is 0.369 e. The molecule has 158 valence electrons. The van der Waals surface area contributed by atoms with Crippen LogP contribution in [0.15, 0.2) is 34.6 Å². The number of nitrogens with two attached hydrogens (primary N) is 4. The van der Waals surface area contributed by atoms with Gasteiger partial charge in [-0.2, -0.15) is 0 Å². The molecule has 0 heterocycles. The first-order valence-electron chi connectivity index (χ1n) is 7.15. The summed E-state index contributed by atoms with van der Waals surface area (Å²) in [6.07, 6.45) is -5.09. The molecule has 0 saturated carbocycles. The van der Waals surface area contributed by atoms with E-state index in [4.69, 9.17) is 22.9 Å². The monoisotopic (exact) mass is 444 g/mol. The number of carbonyl (C=O) groups is 2. The van der Waals surface area contributed by atoms with Crippen molar-refractivity contribution in [3.8, 4) is 0 Å². The minimum Gasteiger partial charge on any atom is -0.367 e. The molecule has 0 saturated heterocycles. The molecule has 0 fully saturated rings. The van der Waals surface area contributed by atoms with Gasteiger partial charge in [0, 0.05) is 12.8 Å². The van der Waals surface area contributed by atoms with E-state index in [-0.39, 0.29) is 35.9 Å². The number of halogens is 4. The molecule has 0 radical (unpaired) electrons. The molecular weight excluding hydrogens is 425 g/mol. The molecule has 0 aliphatic carbocycles. The molecule has 0 aromatic heterocycles. The standard InChI is InChI=1S/C14H18F2N6O4.2ClH/c15-9(11(23)25-21-13(17)18)5-7-3-1-2-4-8(7)6-10(16)12(24)26-22-14(19)20;;/h1-4,9-10H,5-6H2,(H4,17,18,21)(H4,19,20,22);2*1H. The minimum absolute atomic E-state index is 0. The van der Waals surface area contributed by atoms with Gasteiger partial charge in [-0.15, -0.1) is 24.8 Å². The van der Waals surface area contributed by atoms with Crippen molar-refractivity contribution < 1.29 is 28.0 Å². The minimum atomic E-state index is -2.11. The van der Waals surface area contributed by atoms with Crippen molar-refractivity contribution in [3.05, 3.63) is 35.4 Å². The number of hydrogen-bond acceptors (Lipinski definition) is 6. The van der Waals surface area contributed by atoms with Crippen LogP contribution in [0.3, 0.4) is 0 Å². The second-order valence-corrected chi connectivity index (χ2v) is 4.96. The Morgan fingerprint density at radius 3 is 1.43 bits per heavy atom. The van der Waals surface area contributed by atoms with Crippen LogP contribution in [0.4, 0.5) is 8.78 Å². The fraction of sp³-hybridized carbons (Fsp3) is 0.286. The van der Waals surface area contributed by atoms with Gasteiger partial charge in [0.25, 0.3) is 0 Å². The summed E-state index contributed by atoms with van der Waals surface area (Å²) < 4.78 is 27.9. The van der Waals surface area contributed by atoms with Crippen LogP contribution in [-0.2, 0) is 32.1 Å². The Hall–Kier alpha value is -2.86. The molecular formula is C14H20Cl2F2N6O4. The molecule has 0 bridgehead atoms. The van der Waals surface area contributed by atoms with Crippen molar-refractivity contribution in [2.24, 2.45) is 33.2 Å². The van der Waals surface area contributed by atoms with E-state index in [1.54, 1.807) is 12.1 Å². The molecule has 0 spiro atoms. The summed E-state index contributed by atoms with van der Waals surface area (Å²) in [5, 5.41) is 5.89. The lowest BCUT2D eigenvalue weighted by atomic mass is 9.98. The Balaban J connectivity index is 0. The van der Waals surface area contributed by atoms with E-state index in [2.05, 4.69) is 20.0 Å². The lowest BCUT2D eigenvalue weighted by Crippen LogP contribution is -2.27. The number of rotatable bonds is 8. The van der Waals surface area contributed by atoms with E-state index in [1.807, 2.05) is 0 Å².